The minimum Gasteiger partial charge on any atom is -0.338 e. The predicted molar refractivity (Wildman–Crippen MR) is 76.5 cm³/mol. The lowest BCUT2D eigenvalue weighted by Crippen LogP contribution is -2.50. The summed E-state index contributed by atoms with van der Waals surface area (Å²) >= 11 is 0. The average molecular weight is 279 g/mol. The van der Waals surface area contributed by atoms with Gasteiger partial charge in [0.05, 0.1) is 6.04 Å². The fraction of sp³-hybridized carbons (Fsp3) is 0.857. The molecule has 2 atom stereocenters. The van der Waals surface area contributed by atoms with E-state index in [-0.39, 0.29) is 6.04 Å². The number of hydrogen-bond acceptors (Lipinski definition) is 6. The normalized spacial score (nSPS) is 29.7. The number of piperidine rings is 1. The van der Waals surface area contributed by atoms with E-state index in [1.807, 2.05) is 0 Å². The molecule has 2 fully saturated rings. The van der Waals surface area contributed by atoms with Gasteiger partial charge in [-0.1, -0.05) is 11.6 Å². The van der Waals surface area contributed by atoms with Crippen molar-refractivity contribution in [1.29, 1.82) is 0 Å². The standard InChI is InChI=1S/C14H25N5O/c1-18-7-8-19(2)11(10-18)9-13-16-14(20-17-13)12-5-3-4-6-15-12/h11-12,15H,3-10H2,1-2H3. The van der Waals surface area contributed by atoms with Crippen LogP contribution in [-0.2, 0) is 6.42 Å². The first-order valence-corrected chi connectivity index (χ1v) is 7.67. The molecule has 0 spiro atoms. The molecule has 1 aromatic heterocycles. The molecular weight excluding hydrogens is 254 g/mol. The van der Waals surface area contributed by atoms with Crippen molar-refractivity contribution < 1.29 is 4.52 Å². The van der Waals surface area contributed by atoms with Gasteiger partial charge in [0.2, 0.25) is 5.89 Å². The minimum absolute atomic E-state index is 0.261. The molecule has 0 aliphatic carbocycles. The van der Waals surface area contributed by atoms with Crippen molar-refractivity contribution in [3.63, 3.8) is 0 Å². The van der Waals surface area contributed by atoms with E-state index in [0.717, 1.165) is 50.7 Å². The van der Waals surface area contributed by atoms with Gasteiger partial charge in [0.15, 0.2) is 5.82 Å². The second-order valence-electron chi connectivity index (χ2n) is 6.15. The second kappa shape index (κ2) is 6.20. The number of likely N-dealkylation sites (N-methyl/N-ethyl adjacent to an activating group) is 2. The van der Waals surface area contributed by atoms with E-state index in [2.05, 4.69) is 39.4 Å². The Balaban J connectivity index is 1.61. The summed E-state index contributed by atoms with van der Waals surface area (Å²) in [4.78, 5) is 9.37. The lowest BCUT2D eigenvalue weighted by molar-refractivity contribution is 0.113. The molecule has 1 aromatic rings. The largest absolute Gasteiger partial charge is 0.338 e. The maximum absolute atomic E-state index is 5.45. The molecule has 2 unspecified atom stereocenters. The first-order chi connectivity index (χ1) is 9.72. The fourth-order valence-electron chi connectivity index (χ4n) is 3.09. The smallest absolute Gasteiger partial charge is 0.243 e. The second-order valence-corrected chi connectivity index (χ2v) is 6.15. The van der Waals surface area contributed by atoms with Crippen LogP contribution in [0.5, 0.6) is 0 Å². The van der Waals surface area contributed by atoms with Gasteiger partial charge in [-0.25, -0.2) is 0 Å². The van der Waals surface area contributed by atoms with Crippen molar-refractivity contribution in [2.45, 2.75) is 37.8 Å². The van der Waals surface area contributed by atoms with Crippen LogP contribution in [0.1, 0.15) is 37.0 Å². The van der Waals surface area contributed by atoms with E-state index in [9.17, 15) is 0 Å². The Hall–Kier alpha value is -0.980. The first kappa shape index (κ1) is 14.0. The van der Waals surface area contributed by atoms with Gasteiger partial charge in [-0.05, 0) is 33.5 Å². The van der Waals surface area contributed by atoms with E-state index in [4.69, 9.17) is 4.52 Å². The third-order valence-corrected chi connectivity index (χ3v) is 4.49. The maximum atomic E-state index is 5.45. The molecule has 20 heavy (non-hydrogen) atoms. The highest BCUT2D eigenvalue weighted by Gasteiger charge is 2.26. The zero-order chi connectivity index (χ0) is 13.9. The van der Waals surface area contributed by atoms with Crippen LogP contribution in [0.3, 0.4) is 0 Å². The number of piperazine rings is 1. The van der Waals surface area contributed by atoms with Crippen LogP contribution in [0.15, 0.2) is 4.52 Å². The molecule has 3 rings (SSSR count). The molecule has 2 saturated heterocycles. The lowest BCUT2D eigenvalue weighted by atomic mass is 10.1. The number of rotatable bonds is 3. The van der Waals surface area contributed by atoms with Gasteiger partial charge >= 0.3 is 0 Å². The highest BCUT2D eigenvalue weighted by Crippen LogP contribution is 2.21. The summed E-state index contributed by atoms with van der Waals surface area (Å²) in [5.41, 5.74) is 0. The van der Waals surface area contributed by atoms with Crippen LogP contribution in [0, 0.1) is 0 Å². The van der Waals surface area contributed by atoms with Crippen molar-refractivity contribution in [2.75, 3.05) is 40.3 Å². The zero-order valence-electron chi connectivity index (χ0n) is 12.5. The number of nitrogens with one attached hydrogen (secondary N) is 1. The highest BCUT2D eigenvalue weighted by atomic mass is 16.5. The molecule has 6 heteroatoms. The molecular formula is C14H25N5O. The Morgan fingerprint density at radius 2 is 2.20 bits per heavy atom. The Morgan fingerprint density at radius 3 is 3.00 bits per heavy atom. The van der Waals surface area contributed by atoms with Crippen molar-refractivity contribution >= 4 is 0 Å². The monoisotopic (exact) mass is 279 g/mol. The fourth-order valence-corrected chi connectivity index (χ4v) is 3.09. The Bertz CT molecular complexity index is 429. The van der Waals surface area contributed by atoms with Gasteiger partial charge in [-0.2, -0.15) is 4.98 Å². The molecule has 1 N–H and O–H groups in total. The van der Waals surface area contributed by atoms with Crippen LogP contribution in [0.25, 0.3) is 0 Å². The molecule has 112 valence electrons. The zero-order valence-corrected chi connectivity index (χ0v) is 12.5. The minimum atomic E-state index is 0.261. The van der Waals surface area contributed by atoms with Crippen LogP contribution in [-0.4, -0.2) is 66.3 Å². The third kappa shape index (κ3) is 3.19. The van der Waals surface area contributed by atoms with Crippen molar-refractivity contribution in [3.8, 4) is 0 Å². The van der Waals surface area contributed by atoms with Crippen LogP contribution >= 0.6 is 0 Å². The topological polar surface area (TPSA) is 57.4 Å². The predicted octanol–water partition coefficient (Wildman–Crippen LogP) is 0.672. The van der Waals surface area contributed by atoms with Crippen LogP contribution < -0.4 is 5.32 Å². The summed E-state index contributed by atoms with van der Waals surface area (Å²) in [5.74, 6) is 1.62. The Morgan fingerprint density at radius 1 is 1.30 bits per heavy atom. The van der Waals surface area contributed by atoms with Gasteiger partial charge in [0.1, 0.15) is 0 Å². The first-order valence-electron chi connectivity index (χ1n) is 7.67. The van der Waals surface area contributed by atoms with Gasteiger partial charge in [-0.3, -0.25) is 0 Å². The molecule has 0 bridgehead atoms. The van der Waals surface area contributed by atoms with E-state index < -0.39 is 0 Å². The maximum Gasteiger partial charge on any atom is 0.243 e. The molecule has 3 heterocycles. The molecule has 0 saturated carbocycles. The summed E-state index contributed by atoms with van der Waals surface area (Å²) < 4.78 is 5.45. The van der Waals surface area contributed by atoms with E-state index in [0.29, 0.717) is 6.04 Å². The lowest BCUT2D eigenvalue weighted by Gasteiger charge is -2.37. The molecule has 0 radical (unpaired) electrons. The number of aromatic nitrogens is 2. The molecule has 0 amide bonds. The third-order valence-electron chi connectivity index (χ3n) is 4.49. The van der Waals surface area contributed by atoms with E-state index in [1.165, 1.54) is 12.8 Å². The summed E-state index contributed by atoms with van der Waals surface area (Å²) in [6.07, 6.45) is 4.47. The summed E-state index contributed by atoms with van der Waals surface area (Å²) in [6.45, 7) is 4.37. The Labute approximate surface area is 120 Å². The molecule has 0 aromatic carbocycles. The van der Waals surface area contributed by atoms with Crippen molar-refractivity contribution in [2.24, 2.45) is 0 Å². The average Bonchev–Trinajstić information content (AvgIpc) is 2.92. The van der Waals surface area contributed by atoms with Gasteiger partial charge < -0.3 is 19.6 Å². The van der Waals surface area contributed by atoms with Crippen molar-refractivity contribution in [3.05, 3.63) is 11.7 Å². The van der Waals surface area contributed by atoms with Gasteiger partial charge in [0, 0.05) is 32.1 Å². The van der Waals surface area contributed by atoms with Crippen LogP contribution in [0.4, 0.5) is 0 Å². The van der Waals surface area contributed by atoms with Crippen molar-refractivity contribution in [1.82, 2.24) is 25.3 Å². The van der Waals surface area contributed by atoms with Gasteiger partial charge in [-0.15, -0.1) is 0 Å². The SMILES string of the molecule is CN1CCN(C)C(Cc2noc(C3CCCCN3)n2)C1. The number of nitrogens with zero attached hydrogens (tertiary/aromatic N) is 4. The van der Waals surface area contributed by atoms with Crippen LogP contribution in [0.2, 0.25) is 0 Å². The van der Waals surface area contributed by atoms with E-state index >= 15 is 0 Å². The summed E-state index contributed by atoms with van der Waals surface area (Å²) in [6, 6.07) is 0.746. The summed E-state index contributed by atoms with van der Waals surface area (Å²) in [7, 11) is 4.36. The molecule has 2 aliphatic rings. The van der Waals surface area contributed by atoms with E-state index in [1.54, 1.807) is 0 Å². The molecule has 6 nitrogen and oxygen atoms in total. The summed E-state index contributed by atoms with van der Waals surface area (Å²) in [5, 5.41) is 7.63. The van der Waals surface area contributed by atoms with Gasteiger partial charge in [0.25, 0.3) is 0 Å². The quantitative estimate of drug-likeness (QED) is 0.878. The highest BCUT2D eigenvalue weighted by molar-refractivity contribution is 4.97. The Kier molecular flexibility index (Phi) is 4.33. The molecule has 2 aliphatic heterocycles. The number of hydrogen-bond donors (Lipinski definition) is 1.